The maximum Gasteiger partial charge on any atom is 0.225 e. The van der Waals surface area contributed by atoms with Crippen molar-refractivity contribution in [3.05, 3.63) is 72.1 Å². The van der Waals surface area contributed by atoms with Crippen molar-refractivity contribution >= 4 is 22.7 Å². The second-order valence-electron chi connectivity index (χ2n) is 9.78. The Labute approximate surface area is 207 Å². The molecule has 1 saturated carbocycles. The van der Waals surface area contributed by atoms with E-state index in [1.165, 1.54) is 24.1 Å². The quantitative estimate of drug-likeness (QED) is 0.380. The van der Waals surface area contributed by atoms with E-state index in [1.807, 2.05) is 55.3 Å². The number of fused-ring (bicyclic) bond motifs is 1. The summed E-state index contributed by atoms with van der Waals surface area (Å²) >= 11 is 0. The lowest BCUT2D eigenvalue weighted by Crippen LogP contribution is -2.31. The number of hydrogen-bond donors (Lipinski definition) is 2. The van der Waals surface area contributed by atoms with Gasteiger partial charge in [-0.1, -0.05) is 30.3 Å². The van der Waals surface area contributed by atoms with Crippen molar-refractivity contribution in [2.45, 2.75) is 45.2 Å². The van der Waals surface area contributed by atoms with Gasteiger partial charge in [0.25, 0.3) is 0 Å². The van der Waals surface area contributed by atoms with Crippen molar-refractivity contribution in [3.63, 3.8) is 0 Å². The molecule has 0 aliphatic heterocycles. The van der Waals surface area contributed by atoms with Gasteiger partial charge in [-0.05, 0) is 69.3 Å². The SMILES string of the molecule is Cc1c(CNC[C@H]2CC[C@@H](Nc3nc(N(C)C)c4ccccc4n3)CC2)cnn1-c1ccccc1. The van der Waals surface area contributed by atoms with Gasteiger partial charge in [-0.25, -0.2) is 9.67 Å². The monoisotopic (exact) mass is 469 g/mol. The largest absolute Gasteiger partial charge is 0.362 e. The fourth-order valence-electron chi connectivity index (χ4n) is 5.02. The summed E-state index contributed by atoms with van der Waals surface area (Å²) in [5, 5.41) is 13.0. The molecule has 182 valence electrons. The van der Waals surface area contributed by atoms with Crippen LogP contribution in [0.1, 0.15) is 36.9 Å². The van der Waals surface area contributed by atoms with Crippen LogP contribution in [0.5, 0.6) is 0 Å². The molecule has 0 bridgehead atoms. The van der Waals surface area contributed by atoms with E-state index in [1.54, 1.807) is 0 Å². The molecule has 4 aromatic rings. The number of anilines is 2. The number of para-hydroxylation sites is 2. The minimum Gasteiger partial charge on any atom is -0.362 e. The third kappa shape index (κ3) is 5.30. The number of benzene rings is 2. The van der Waals surface area contributed by atoms with Crippen LogP contribution in [0.4, 0.5) is 11.8 Å². The van der Waals surface area contributed by atoms with Crippen molar-refractivity contribution in [2.24, 2.45) is 5.92 Å². The van der Waals surface area contributed by atoms with Gasteiger partial charge in [0.1, 0.15) is 5.82 Å². The molecule has 0 radical (unpaired) electrons. The van der Waals surface area contributed by atoms with Gasteiger partial charge in [-0.15, -0.1) is 0 Å². The lowest BCUT2D eigenvalue weighted by molar-refractivity contribution is 0.323. The van der Waals surface area contributed by atoms with Crippen LogP contribution < -0.4 is 15.5 Å². The van der Waals surface area contributed by atoms with E-state index >= 15 is 0 Å². The van der Waals surface area contributed by atoms with Crippen LogP contribution in [0.3, 0.4) is 0 Å². The molecule has 1 aliphatic carbocycles. The molecule has 0 spiro atoms. The zero-order valence-electron chi connectivity index (χ0n) is 20.9. The van der Waals surface area contributed by atoms with Gasteiger partial charge in [-0.3, -0.25) is 0 Å². The van der Waals surface area contributed by atoms with Crippen LogP contribution in [0.15, 0.2) is 60.8 Å². The molecule has 0 atom stereocenters. The Morgan fingerprint density at radius 3 is 2.46 bits per heavy atom. The van der Waals surface area contributed by atoms with E-state index in [2.05, 4.69) is 51.8 Å². The fraction of sp³-hybridized carbons (Fsp3) is 0.393. The Kier molecular flexibility index (Phi) is 6.95. The summed E-state index contributed by atoms with van der Waals surface area (Å²) < 4.78 is 2.02. The summed E-state index contributed by atoms with van der Waals surface area (Å²) in [6, 6.07) is 19.0. The van der Waals surface area contributed by atoms with E-state index in [0.29, 0.717) is 12.0 Å². The Bertz CT molecular complexity index is 1260. The van der Waals surface area contributed by atoms with Gasteiger partial charge in [-0.2, -0.15) is 10.1 Å². The van der Waals surface area contributed by atoms with E-state index < -0.39 is 0 Å². The minimum absolute atomic E-state index is 0.425. The van der Waals surface area contributed by atoms with Gasteiger partial charge in [0, 0.05) is 43.3 Å². The first-order valence-electron chi connectivity index (χ1n) is 12.6. The molecule has 5 rings (SSSR count). The summed E-state index contributed by atoms with van der Waals surface area (Å²) in [6.07, 6.45) is 6.69. The maximum absolute atomic E-state index is 4.81. The molecule has 2 aromatic carbocycles. The van der Waals surface area contributed by atoms with E-state index in [9.17, 15) is 0 Å². The van der Waals surface area contributed by atoms with Crippen LogP contribution in [0.2, 0.25) is 0 Å². The number of hydrogen-bond acceptors (Lipinski definition) is 6. The van der Waals surface area contributed by atoms with Gasteiger partial charge >= 0.3 is 0 Å². The summed E-state index contributed by atoms with van der Waals surface area (Å²) in [5.74, 6) is 2.40. The normalized spacial score (nSPS) is 18.0. The number of aromatic nitrogens is 4. The molecule has 2 N–H and O–H groups in total. The Balaban J connectivity index is 1.12. The van der Waals surface area contributed by atoms with Crippen LogP contribution >= 0.6 is 0 Å². The van der Waals surface area contributed by atoms with Crippen molar-refractivity contribution in [1.29, 1.82) is 0 Å². The summed E-state index contributed by atoms with van der Waals surface area (Å²) in [7, 11) is 4.07. The molecular weight excluding hydrogens is 434 g/mol. The topological polar surface area (TPSA) is 70.9 Å². The Morgan fingerprint density at radius 1 is 0.943 bits per heavy atom. The molecule has 2 heterocycles. The van der Waals surface area contributed by atoms with Crippen LogP contribution in [-0.4, -0.2) is 46.4 Å². The molecule has 0 saturated heterocycles. The lowest BCUT2D eigenvalue weighted by Gasteiger charge is -2.29. The second-order valence-corrected chi connectivity index (χ2v) is 9.78. The average Bonchev–Trinajstić information content (AvgIpc) is 3.25. The first kappa shape index (κ1) is 23.3. The van der Waals surface area contributed by atoms with Crippen LogP contribution in [-0.2, 0) is 6.54 Å². The third-order valence-electron chi connectivity index (χ3n) is 7.05. The van der Waals surface area contributed by atoms with Gasteiger partial charge in [0.2, 0.25) is 5.95 Å². The maximum atomic E-state index is 4.81. The van der Waals surface area contributed by atoms with E-state index in [0.717, 1.165) is 54.3 Å². The number of rotatable bonds is 8. The van der Waals surface area contributed by atoms with Gasteiger partial charge in [0.05, 0.1) is 17.4 Å². The zero-order chi connectivity index (χ0) is 24.2. The molecule has 0 amide bonds. The lowest BCUT2D eigenvalue weighted by atomic mass is 9.86. The minimum atomic E-state index is 0.425. The van der Waals surface area contributed by atoms with Crippen LogP contribution in [0.25, 0.3) is 16.6 Å². The molecule has 1 aliphatic rings. The molecule has 0 unspecified atom stereocenters. The molecule has 7 heteroatoms. The Morgan fingerprint density at radius 2 is 1.69 bits per heavy atom. The van der Waals surface area contributed by atoms with Crippen molar-refractivity contribution in [2.75, 3.05) is 30.9 Å². The van der Waals surface area contributed by atoms with E-state index in [4.69, 9.17) is 9.97 Å². The standard InChI is InChI=1S/C28H35N7/c1-20-22(19-30-35(20)24-9-5-4-6-10-24)18-29-17-21-13-15-23(16-14-21)31-28-32-26-12-8-7-11-25(26)27(33-28)34(2)3/h4-12,19,21,23,29H,13-18H2,1-3H3,(H,31,32,33)/t21-,23+. The highest BCUT2D eigenvalue weighted by Crippen LogP contribution is 2.28. The van der Waals surface area contributed by atoms with Crippen molar-refractivity contribution in [3.8, 4) is 5.69 Å². The Hall–Kier alpha value is -3.45. The number of nitrogens with one attached hydrogen (secondary N) is 2. The van der Waals surface area contributed by atoms with Gasteiger partial charge < -0.3 is 15.5 Å². The first-order valence-corrected chi connectivity index (χ1v) is 12.6. The van der Waals surface area contributed by atoms with Crippen molar-refractivity contribution < 1.29 is 0 Å². The summed E-state index contributed by atoms with van der Waals surface area (Å²) in [4.78, 5) is 11.6. The highest BCUT2D eigenvalue weighted by atomic mass is 15.3. The molecule has 2 aromatic heterocycles. The second kappa shape index (κ2) is 10.4. The molecular formula is C28H35N7. The zero-order valence-corrected chi connectivity index (χ0v) is 20.9. The number of nitrogens with zero attached hydrogens (tertiary/aromatic N) is 5. The third-order valence-corrected chi connectivity index (χ3v) is 7.05. The molecule has 7 nitrogen and oxygen atoms in total. The molecule has 1 fully saturated rings. The average molecular weight is 470 g/mol. The summed E-state index contributed by atoms with van der Waals surface area (Å²) in [5.41, 5.74) is 4.55. The van der Waals surface area contributed by atoms with Gasteiger partial charge in [0.15, 0.2) is 0 Å². The molecule has 35 heavy (non-hydrogen) atoms. The highest BCUT2D eigenvalue weighted by Gasteiger charge is 2.22. The summed E-state index contributed by atoms with van der Waals surface area (Å²) in [6.45, 7) is 4.04. The fourth-order valence-corrected chi connectivity index (χ4v) is 5.02. The predicted molar refractivity (Wildman–Crippen MR) is 143 cm³/mol. The van der Waals surface area contributed by atoms with E-state index in [-0.39, 0.29) is 0 Å². The highest BCUT2D eigenvalue weighted by molar-refractivity contribution is 5.90. The van der Waals surface area contributed by atoms with Crippen LogP contribution in [0, 0.1) is 12.8 Å². The smallest absolute Gasteiger partial charge is 0.225 e. The van der Waals surface area contributed by atoms with Crippen molar-refractivity contribution in [1.82, 2.24) is 25.1 Å². The first-order chi connectivity index (χ1) is 17.1. The predicted octanol–water partition coefficient (Wildman–Crippen LogP) is 4.95.